The zero-order valence-corrected chi connectivity index (χ0v) is 14.0. The molecule has 4 fully saturated rings. The van der Waals surface area contributed by atoms with E-state index in [-0.39, 0.29) is 18.3 Å². The Morgan fingerprint density at radius 1 is 1.12 bits per heavy atom. The first-order chi connectivity index (χ1) is 10.8. The third kappa shape index (κ3) is 3.33. The summed E-state index contributed by atoms with van der Waals surface area (Å²) in [4.78, 5) is 11.9. The minimum Gasteiger partial charge on any atom is -0.455 e. The van der Waals surface area contributed by atoms with E-state index in [0.29, 0.717) is 25.7 Å². The maximum absolute atomic E-state index is 12.7. The van der Waals surface area contributed by atoms with Gasteiger partial charge in [0.05, 0.1) is 11.9 Å². The van der Waals surface area contributed by atoms with Gasteiger partial charge in [0.15, 0.2) is 0 Å². The number of hydrogen-bond acceptors (Lipinski definition) is 5. The first kappa shape index (κ1) is 17.7. The molecular formula is C15H19F3O5S. The highest BCUT2D eigenvalue weighted by atomic mass is 32.2. The Kier molecular flexibility index (Phi) is 3.84. The fraction of sp³-hybridized carbons (Fsp3) is 0.800. The van der Waals surface area contributed by atoms with Crippen LogP contribution in [0.15, 0.2) is 12.2 Å². The topological polar surface area (TPSA) is 69.7 Å². The van der Waals surface area contributed by atoms with Crippen LogP contribution in [-0.2, 0) is 23.8 Å². The number of alkyl halides is 3. The molecule has 0 spiro atoms. The molecule has 136 valence electrons. The zero-order chi connectivity index (χ0) is 18.0. The number of esters is 1. The van der Waals surface area contributed by atoms with E-state index in [4.69, 9.17) is 8.92 Å². The van der Waals surface area contributed by atoms with Gasteiger partial charge in [0.1, 0.15) is 11.2 Å². The van der Waals surface area contributed by atoms with Gasteiger partial charge in [-0.2, -0.15) is 21.6 Å². The van der Waals surface area contributed by atoms with Crippen molar-refractivity contribution >= 4 is 16.1 Å². The fourth-order valence-corrected chi connectivity index (χ4v) is 5.85. The van der Waals surface area contributed by atoms with E-state index >= 15 is 0 Å². The van der Waals surface area contributed by atoms with Crippen molar-refractivity contribution in [2.75, 3.05) is 6.26 Å². The van der Waals surface area contributed by atoms with Crippen LogP contribution in [0.1, 0.15) is 38.5 Å². The van der Waals surface area contributed by atoms with Crippen molar-refractivity contribution in [3.63, 3.8) is 0 Å². The van der Waals surface area contributed by atoms with E-state index in [2.05, 4.69) is 6.58 Å². The highest BCUT2D eigenvalue weighted by molar-refractivity contribution is 7.86. The van der Waals surface area contributed by atoms with Gasteiger partial charge in [-0.1, -0.05) is 6.58 Å². The summed E-state index contributed by atoms with van der Waals surface area (Å²) in [7, 11) is -3.72. The van der Waals surface area contributed by atoms with E-state index in [1.165, 1.54) is 0 Å². The van der Waals surface area contributed by atoms with Crippen LogP contribution in [0.25, 0.3) is 0 Å². The molecular weight excluding hydrogens is 349 g/mol. The highest BCUT2D eigenvalue weighted by Gasteiger charge is 2.61. The van der Waals surface area contributed by atoms with Crippen LogP contribution in [0.2, 0.25) is 0 Å². The van der Waals surface area contributed by atoms with Crippen LogP contribution in [0, 0.1) is 11.8 Å². The zero-order valence-electron chi connectivity index (χ0n) is 13.2. The second-order valence-corrected chi connectivity index (χ2v) is 9.06. The molecule has 0 saturated heterocycles. The van der Waals surface area contributed by atoms with Crippen LogP contribution in [0.5, 0.6) is 0 Å². The van der Waals surface area contributed by atoms with Crippen molar-refractivity contribution in [1.82, 2.24) is 0 Å². The molecule has 9 heteroatoms. The maximum Gasteiger partial charge on any atom is 0.422 e. The molecule has 0 radical (unpaired) electrons. The molecule has 0 aromatic rings. The van der Waals surface area contributed by atoms with Crippen molar-refractivity contribution < 1.29 is 35.3 Å². The first-order valence-corrected chi connectivity index (χ1v) is 9.53. The van der Waals surface area contributed by atoms with E-state index in [9.17, 15) is 26.4 Å². The van der Waals surface area contributed by atoms with Crippen LogP contribution >= 0.6 is 0 Å². The van der Waals surface area contributed by atoms with Gasteiger partial charge in [-0.3, -0.25) is 4.18 Å². The average Bonchev–Trinajstić information content (AvgIpc) is 2.30. The van der Waals surface area contributed by atoms with E-state index in [0.717, 1.165) is 12.7 Å². The van der Waals surface area contributed by atoms with Crippen LogP contribution in [0.4, 0.5) is 13.2 Å². The summed E-state index contributed by atoms with van der Waals surface area (Å²) < 4.78 is 71.7. The molecule has 0 aliphatic heterocycles. The summed E-state index contributed by atoms with van der Waals surface area (Å²) in [5.74, 6) is -1.32. The van der Waals surface area contributed by atoms with Crippen molar-refractivity contribution in [1.29, 1.82) is 0 Å². The highest BCUT2D eigenvalue weighted by Crippen LogP contribution is 2.60. The smallest absolute Gasteiger partial charge is 0.422 e. The normalized spacial score (nSPS) is 38.2. The summed E-state index contributed by atoms with van der Waals surface area (Å²) in [6.07, 6.45) is -1.00. The average molecular weight is 368 g/mol. The van der Waals surface area contributed by atoms with Crippen LogP contribution in [0.3, 0.4) is 0 Å². The fourth-order valence-electron chi connectivity index (χ4n) is 5.01. The third-order valence-electron chi connectivity index (χ3n) is 5.18. The summed E-state index contributed by atoms with van der Waals surface area (Å²) in [5.41, 5.74) is -3.62. The van der Waals surface area contributed by atoms with E-state index in [1.54, 1.807) is 0 Å². The van der Waals surface area contributed by atoms with Gasteiger partial charge < -0.3 is 4.74 Å². The number of rotatable bonds is 4. The third-order valence-corrected chi connectivity index (χ3v) is 5.84. The predicted octanol–water partition coefficient (Wildman–Crippen LogP) is 2.72. The molecule has 0 heterocycles. The number of ether oxygens (including phenoxy) is 1. The molecule has 0 amide bonds. The molecule has 4 saturated carbocycles. The van der Waals surface area contributed by atoms with Gasteiger partial charge in [-0.25, -0.2) is 4.79 Å². The lowest BCUT2D eigenvalue weighted by Gasteiger charge is -2.60. The molecule has 4 aliphatic rings. The van der Waals surface area contributed by atoms with Gasteiger partial charge in [-0.15, -0.1) is 0 Å². The van der Waals surface area contributed by atoms with Crippen molar-refractivity contribution in [2.24, 2.45) is 11.8 Å². The quantitative estimate of drug-likeness (QED) is 0.434. The number of carbonyl (C=O) groups excluding carboxylic acids is 1. The van der Waals surface area contributed by atoms with Gasteiger partial charge in [0.2, 0.25) is 0 Å². The SMILES string of the molecule is C=C(C(=O)OC12CC3CC(C1)CC(OS(C)(=O)=O)(C3)C2)C(F)(F)F. The van der Waals surface area contributed by atoms with E-state index < -0.39 is 39.0 Å². The minimum absolute atomic E-state index is 0.0833. The van der Waals surface area contributed by atoms with Gasteiger partial charge in [0, 0.05) is 6.42 Å². The summed E-state index contributed by atoms with van der Waals surface area (Å²) in [6, 6.07) is 0. The Morgan fingerprint density at radius 3 is 2.08 bits per heavy atom. The second-order valence-electron chi connectivity index (χ2n) is 7.48. The Labute approximate surface area is 138 Å². The largest absolute Gasteiger partial charge is 0.455 e. The molecule has 4 bridgehead atoms. The molecule has 5 nitrogen and oxygen atoms in total. The van der Waals surface area contributed by atoms with Crippen LogP contribution < -0.4 is 0 Å². The molecule has 24 heavy (non-hydrogen) atoms. The molecule has 4 aliphatic carbocycles. The van der Waals surface area contributed by atoms with Gasteiger partial charge in [0.25, 0.3) is 10.1 Å². The number of hydrogen-bond donors (Lipinski definition) is 0. The Hall–Kier alpha value is -1.09. The van der Waals surface area contributed by atoms with Gasteiger partial charge >= 0.3 is 12.1 Å². The Morgan fingerprint density at radius 2 is 1.62 bits per heavy atom. The summed E-state index contributed by atoms with van der Waals surface area (Å²) >= 11 is 0. The van der Waals surface area contributed by atoms with Crippen molar-refractivity contribution in [3.8, 4) is 0 Å². The lowest BCUT2D eigenvalue weighted by Crippen LogP contribution is -2.61. The molecule has 0 N–H and O–H groups in total. The molecule has 2 unspecified atom stereocenters. The summed E-state index contributed by atoms with van der Waals surface area (Å²) in [6.45, 7) is 2.77. The molecule has 0 aromatic carbocycles. The minimum atomic E-state index is -4.85. The standard InChI is InChI=1S/C15H19F3O5S/c1-9(15(16,17)18)12(19)22-13-4-10-3-11(5-13)7-14(6-10,8-13)23-24(2,20)21/h10-11H,1,3-8H2,2H3. The van der Waals surface area contributed by atoms with Crippen molar-refractivity contribution in [2.45, 2.75) is 55.9 Å². The van der Waals surface area contributed by atoms with Crippen molar-refractivity contribution in [3.05, 3.63) is 12.2 Å². The first-order valence-electron chi connectivity index (χ1n) is 7.72. The lowest BCUT2D eigenvalue weighted by molar-refractivity contribution is -0.213. The molecule has 2 atom stereocenters. The second kappa shape index (κ2) is 5.20. The predicted molar refractivity (Wildman–Crippen MR) is 77.4 cm³/mol. The Balaban J connectivity index is 1.83. The number of halogens is 3. The lowest BCUT2D eigenvalue weighted by atomic mass is 9.52. The van der Waals surface area contributed by atoms with Crippen LogP contribution in [-0.4, -0.2) is 38.0 Å². The Bertz CT molecular complexity index is 668. The molecule has 4 rings (SSSR count). The number of carbonyl (C=O) groups is 1. The summed E-state index contributed by atoms with van der Waals surface area (Å²) in [5, 5.41) is 0. The maximum atomic E-state index is 12.7. The monoisotopic (exact) mass is 368 g/mol. The molecule has 0 aromatic heterocycles. The van der Waals surface area contributed by atoms with Gasteiger partial charge in [-0.05, 0) is 43.9 Å². The van der Waals surface area contributed by atoms with E-state index in [1.807, 2.05) is 0 Å².